The van der Waals surface area contributed by atoms with Gasteiger partial charge in [-0.25, -0.2) is 14.4 Å². The Morgan fingerprint density at radius 1 is 1.02 bits per heavy atom. The highest BCUT2D eigenvalue weighted by Gasteiger charge is 2.45. The summed E-state index contributed by atoms with van der Waals surface area (Å²) in [4.78, 5) is 55.3. The third kappa shape index (κ3) is 6.59. The Bertz CT molecular complexity index is 2250. The van der Waals surface area contributed by atoms with Crippen LogP contribution in [-0.2, 0) is 17.3 Å². The number of hydrogen-bond donors (Lipinski definition) is 2. The minimum atomic E-state index is -4.71. The summed E-state index contributed by atoms with van der Waals surface area (Å²) in [6.07, 6.45) is -0.0485. The van der Waals surface area contributed by atoms with Crippen molar-refractivity contribution in [2.45, 2.75) is 32.4 Å². The summed E-state index contributed by atoms with van der Waals surface area (Å²) in [5.41, 5.74) is 2.57. The van der Waals surface area contributed by atoms with Gasteiger partial charge >= 0.3 is 6.18 Å². The number of aromatic nitrogens is 3. The van der Waals surface area contributed by atoms with Crippen LogP contribution in [0.15, 0.2) is 67.0 Å². The van der Waals surface area contributed by atoms with Crippen molar-refractivity contribution in [2.24, 2.45) is 5.41 Å². The number of nitrogens with one attached hydrogen (secondary N) is 2. The quantitative estimate of drug-likeness (QED) is 0.138. The summed E-state index contributed by atoms with van der Waals surface area (Å²) in [5, 5.41) is 2.93. The number of benzene rings is 2. The molecule has 0 bridgehead atoms. The Morgan fingerprint density at radius 3 is 2.49 bits per heavy atom. The van der Waals surface area contributed by atoms with Crippen LogP contribution in [-0.4, -0.2) is 65.4 Å². The highest BCUT2D eigenvalue weighted by atomic mass is 32.1. The molecule has 0 atom stereocenters. The zero-order chi connectivity index (χ0) is 37.1. The second kappa shape index (κ2) is 13.2. The SMILES string of the molecule is Cc1cnc(N2CC3(CCOCC3)C2)c(C(=O)Nc2ccc(C(=O)N3CCc4cc(C(=O)c5nc(C(F)(F)F)c[nH]5)sc4-c4ccc(F)cc43)cc2)c1. The van der Waals surface area contributed by atoms with Gasteiger partial charge in [-0.3, -0.25) is 14.4 Å². The Hall–Kier alpha value is -5.41. The Labute approximate surface area is 304 Å². The van der Waals surface area contributed by atoms with Crippen molar-refractivity contribution in [1.82, 2.24) is 15.0 Å². The van der Waals surface area contributed by atoms with Gasteiger partial charge < -0.3 is 24.8 Å². The van der Waals surface area contributed by atoms with Crippen molar-refractivity contribution in [3.63, 3.8) is 0 Å². The summed E-state index contributed by atoms with van der Waals surface area (Å²) in [7, 11) is 0. The number of aryl methyl sites for hydroxylation is 1. The van der Waals surface area contributed by atoms with Gasteiger partial charge in [-0.1, -0.05) is 0 Å². The number of fused-ring (bicyclic) bond motifs is 3. The van der Waals surface area contributed by atoms with Crippen LogP contribution in [0.5, 0.6) is 0 Å². The summed E-state index contributed by atoms with van der Waals surface area (Å²) in [6, 6.07) is 13.9. The van der Waals surface area contributed by atoms with Crippen molar-refractivity contribution in [3.05, 3.63) is 111 Å². The van der Waals surface area contributed by atoms with E-state index in [4.69, 9.17) is 4.74 Å². The van der Waals surface area contributed by atoms with Gasteiger partial charge in [-0.15, -0.1) is 11.3 Å². The summed E-state index contributed by atoms with van der Waals surface area (Å²) < 4.78 is 59.5. The number of thiophene rings is 1. The molecule has 3 aliphatic rings. The van der Waals surface area contributed by atoms with E-state index in [0.29, 0.717) is 51.3 Å². The maximum atomic E-state index is 14.7. The van der Waals surface area contributed by atoms with E-state index in [9.17, 15) is 31.9 Å². The third-order valence-corrected chi connectivity index (χ3v) is 11.2. The highest BCUT2D eigenvalue weighted by molar-refractivity contribution is 7.17. The molecule has 15 heteroatoms. The van der Waals surface area contributed by atoms with Crippen LogP contribution in [0.2, 0.25) is 0 Å². The van der Waals surface area contributed by atoms with E-state index < -0.39 is 35.2 Å². The summed E-state index contributed by atoms with van der Waals surface area (Å²) >= 11 is 1.04. The monoisotopic (exact) mass is 744 g/mol. The van der Waals surface area contributed by atoms with Crippen LogP contribution >= 0.6 is 11.3 Å². The van der Waals surface area contributed by atoms with Gasteiger partial charge in [0, 0.05) is 72.3 Å². The molecule has 2 N–H and O–H groups in total. The molecule has 53 heavy (non-hydrogen) atoms. The molecule has 0 aliphatic carbocycles. The van der Waals surface area contributed by atoms with Crippen molar-refractivity contribution < 1.29 is 36.7 Å². The molecular weight excluding hydrogens is 713 g/mol. The van der Waals surface area contributed by atoms with Gasteiger partial charge in [0.15, 0.2) is 11.5 Å². The van der Waals surface area contributed by atoms with Gasteiger partial charge in [0.2, 0.25) is 5.78 Å². The summed E-state index contributed by atoms with van der Waals surface area (Å²) in [5.74, 6) is -1.82. The number of H-pyrrole nitrogens is 1. The molecule has 0 saturated carbocycles. The van der Waals surface area contributed by atoms with Gasteiger partial charge in [0.25, 0.3) is 11.8 Å². The van der Waals surface area contributed by atoms with E-state index in [1.165, 1.54) is 23.1 Å². The van der Waals surface area contributed by atoms with Gasteiger partial charge in [0.1, 0.15) is 11.6 Å². The van der Waals surface area contributed by atoms with Crippen molar-refractivity contribution in [3.8, 4) is 10.4 Å². The number of ketones is 1. The number of halogens is 4. The largest absolute Gasteiger partial charge is 0.434 e. The first kappa shape index (κ1) is 34.7. The Kier molecular flexibility index (Phi) is 8.65. The lowest BCUT2D eigenvalue weighted by Gasteiger charge is -2.53. The zero-order valence-electron chi connectivity index (χ0n) is 28.3. The van der Waals surface area contributed by atoms with Crippen LogP contribution in [0.4, 0.5) is 34.8 Å². The number of anilines is 3. The molecule has 2 saturated heterocycles. The van der Waals surface area contributed by atoms with Crippen LogP contribution < -0.4 is 15.1 Å². The van der Waals surface area contributed by atoms with Crippen LogP contribution in [0.1, 0.15) is 65.9 Å². The molecule has 3 aliphatic heterocycles. The average molecular weight is 745 g/mol. The molecule has 0 unspecified atom stereocenters. The number of rotatable bonds is 6. The standard InChI is InChI=1S/C38H32F4N6O4S/c1-21-14-27(34(44-17-21)47-19-37(20-47)9-12-52-13-10-37)35(50)45-25-5-2-22(3-6-25)36(51)48-11-8-23-15-29(31(49)33-43-18-30(46-33)38(40,41)42)53-32(23)26-7-4-24(39)16-28(26)48/h2-7,14-18H,8-13,19-20H2,1H3,(H,43,46)(H,45,50). The van der Waals surface area contributed by atoms with E-state index >= 15 is 0 Å². The van der Waals surface area contributed by atoms with Gasteiger partial charge in [-0.2, -0.15) is 13.2 Å². The first-order valence-electron chi connectivity index (χ1n) is 17.0. The minimum Gasteiger partial charge on any atom is -0.381 e. The zero-order valence-corrected chi connectivity index (χ0v) is 29.2. The fourth-order valence-corrected chi connectivity index (χ4v) is 8.39. The van der Waals surface area contributed by atoms with E-state index in [2.05, 4.69) is 25.2 Å². The van der Waals surface area contributed by atoms with Crippen LogP contribution in [0.3, 0.4) is 0 Å². The number of carbonyl (C=O) groups excluding carboxylic acids is 3. The molecule has 6 heterocycles. The topological polar surface area (TPSA) is 121 Å². The van der Waals surface area contributed by atoms with E-state index in [-0.39, 0.29) is 28.4 Å². The molecule has 10 nitrogen and oxygen atoms in total. The summed E-state index contributed by atoms with van der Waals surface area (Å²) in [6.45, 7) is 5.14. The van der Waals surface area contributed by atoms with Gasteiger partial charge in [-0.05, 0) is 91.9 Å². The maximum Gasteiger partial charge on any atom is 0.434 e. The molecule has 8 rings (SSSR count). The smallest absolute Gasteiger partial charge is 0.381 e. The Balaban J connectivity index is 0.996. The number of aromatic amines is 1. The first-order chi connectivity index (χ1) is 25.4. The molecule has 3 aromatic heterocycles. The van der Waals surface area contributed by atoms with Crippen molar-refractivity contribution >= 4 is 46.1 Å². The predicted octanol–water partition coefficient (Wildman–Crippen LogP) is 7.30. The fourth-order valence-electron chi connectivity index (χ4n) is 7.20. The van der Waals surface area contributed by atoms with E-state index in [1.54, 1.807) is 36.5 Å². The number of pyridine rings is 1. The number of alkyl halides is 3. The molecule has 5 aromatic rings. The molecule has 0 radical (unpaired) electrons. The first-order valence-corrected chi connectivity index (χ1v) is 17.8. The average Bonchev–Trinajstić information content (AvgIpc) is 3.77. The second-order valence-electron chi connectivity index (χ2n) is 13.7. The van der Waals surface area contributed by atoms with E-state index in [0.717, 1.165) is 56.0 Å². The molecule has 1 spiro atoms. The molecule has 272 valence electrons. The fraction of sp³-hybridized carbons (Fsp3) is 0.289. The number of hydrogen-bond acceptors (Lipinski definition) is 8. The number of ether oxygens (including phenoxy) is 1. The van der Waals surface area contributed by atoms with Crippen LogP contribution in [0, 0.1) is 18.2 Å². The highest BCUT2D eigenvalue weighted by Crippen LogP contribution is 2.44. The molecule has 2 amide bonds. The molecular formula is C38H32F4N6O4S. The third-order valence-electron chi connectivity index (χ3n) is 10.0. The lowest BCUT2D eigenvalue weighted by atomic mass is 9.73. The molecule has 2 aromatic carbocycles. The lowest BCUT2D eigenvalue weighted by molar-refractivity contribution is -0.140. The minimum absolute atomic E-state index is 0.137. The lowest BCUT2D eigenvalue weighted by Crippen LogP contribution is -2.59. The second-order valence-corrected chi connectivity index (χ2v) is 14.7. The van der Waals surface area contributed by atoms with Crippen molar-refractivity contribution in [2.75, 3.05) is 48.0 Å². The number of nitrogens with zero attached hydrogens (tertiary/aromatic N) is 4. The predicted molar refractivity (Wildman–Crippen MR) is 190 cm³/mol. The molecule has 2 fully saturated rings. The number of amides is 2. The van der Waals surface area contributed by atoms with Crippen molar-refractivity contribution in [1.29, 1.82) is 0 Å². The van der Waals surface area contributed by atoms with Gasteiger partial charge in [0.05, 0.1) is 16.1 Å². The van der Waals surface area contributed by atoms with Crippen LogP contribution in [0.25, 0.3) is 10.4 Å². The normalized spacial score (nSPS) is 16.4. The number of carbonyl (C=O) groups is 3. The maximum absolute atomic E-state index is 14.7. The number of imidazole rings is 1. The Morgan fingerprint density at radius 2 is 1.77 bits per heavy atom. The van der Waals surface area contributed by atoms with E-state index in [1.807, 2.05) is 13.0 Å².